The van der Waals surface area contributed by atoms with E-state index in [0.29, 0.717) is 0 Å². The molecule has 19 heavy (non-hydrogen) atoms. The normalized spacial score (nSPS) is 21.9. The Hall–Kier alpha value is -0.805. The van der Waals surface area contributed by atoms with Crippen LogP contribution in [0.4, 0.5) is 0 Å². The quantitative estimate of drug-likeness (QED) is 0.581. The van der Waals surface area contributed by atoms with Crippen LogP contribution in [0.1, 0.15) is 54.9 Å². The van der Waals surface area contributed by atoms with E-state index in [0.717, 1.165) is 5.47 Å². The number of carbonyl (C=O) groups excluding carboxylic acids is 1. The van der Waals surface area contributed by atoms with Crippen molar-refractivity contribution in [3.8, 4) is 0 Å². The second-order valence-corrected chi connectivity index (χ2v) is 6.17. The zero-order valence-electron chi connectivity index (χ0n) is 13.1. The molecule has 0 saturated carbocycles. The minimum atomic E-state index is -0.477. The van der Waals surface area contributed by atoms with Crippen LogP contribution >= 0.6 is 0 Å². The molecule has 1 fully saturated rings. The molecule has 0 aromatic rings. The average molecular weight is 268 g/mol. The van der Waals surface area contributed by atoms with Crippen LogP contribution in [0, 0.1) is 0 Å². The second-order valence-electron chi connectivity index (χ2n) is 6.17. The van der Waals surface area contributed by atoms with Gasteiger partial charge >= 0.3 is 13.1 Å². The van der Waals surface area contributed by atoms with Crippen molar-refractivity contribution in [3.63, 3.8) is 0 Å². The van der Waals surface area contributed by atoms with Crippen LogP contribution in [0.5, 0.6) is 0 Å². The maximum Gasteiger partial charge on any atom is 0.490 e. The molecular formula is C14H25BO4. The first-order chi connectivity index (χ1) is 8.59. The molecule has 0 aromatic carbocycles. The first-order valence-electron chi connectivity index (χ1n) is 6.79. The van der Waals surface area contributed by atoms with Crippen LogP contribution in [-0.2, 0) is 18.8 Å². The smallest absolute Gasteiger partial charge is 0.463 e. The summed E-state index contributed by atoms with van der Waals surface area (Å²) < 4.78 is 17.0. The molecule has 1 aliphatic heterocycles. The monoisotopic (exact) mass is 268 g/mol. The summed E-state index contributed by atoms with van der Waals surface area (Å²) in [5.74, 6) is -0.252. The SMILES string of the molecule is C/C=C(\CC(=O)OC(C)C)B1OC(C)(C)C(C)(C)O1. The average Bonchev–Trinajstić information content (AvgIpc) is 2.43. The van der Waals surface area contributed by atoms with Crippen molar-refractivity contribution in [3.05, 3.63) is 11.5 Å². The molecule has 0 aromatic heterocycles. The van der Waals surface area contributed by atoms with Gasteiger partial charge in [-0.3, -0.25) is 4.79 Å². The van der Waals surface area contributed by atoms with Crippen LogP contribution < -0.4 is 0 Å². The molecule has 1 aliphatic rings. The van der Waals surface area contributed by atoms with E-state index in [9.17, 15) is 4.79 Å². The van der Waals surface area contributed by atoms with Crippen molar-refractivity contribution < 1.29 is 18.8 Å². The van der Waals surface area contributed by atoms with Crippen molar-refractivity contribution in [2.75, 3.05) is 0 Å². The number of ether oxygens (including phenoxy) is 1. The highest BCUT2D eigenvalue weighted by Crippen LogP contribution is 2.39. The fraction of sp³-hybridized carbons (Fsp3) is 0.786. The van der Waals surface area contributed by atoms with Gasteiger partial charge in [0.25, 0.3) is 0 Å². The molecule has 4 nitrogen and oxygen atoms in total. The number of rotatable bonds is 4. The Morgan fingerprint density at radius 2 is 1.68 bits per heavy atom. The minimum absolute atomic E-state index is 0.107. The van der Waals surface area contributed by atoms with E-state index >= 15 is 0 Å². The third-order valence-electron chi connectivity index (χ3n) is 3.64. The predicted octanol–water partition coefficient (Wildman–Crippen LogP) is 2.91. The van der Waals surface area contributed by atoms with Gasteiger partial charge in [0, 0.05) is 0 Å². The van der Waals surface area contributed by atoms with Crippen molar-refractivity contribution >= 4 is 13.1 Å². The topological polar surface area (TPSA) is 44.8 Å². The van der Waals surface area contributed by atoms with E-state index in [4.69, 9.17) is 14.0 Å². The van der Waals surface area contributed by atoms with Gasteiger partial charge in [-0.05, 0) is 53.9 Å². The molecule has 1 rings (SSSR count). The van der Waals surface area contributed by atoms with Crippen molar-refractivity contribution in [2.24, 2.45) is 0 Å². The van der Waals surface area contributed by atoms with Gasteiger partial charge in [-0.15, -0.1) is 0 Å². The third kappa shape index (κ3) is 3.83. The summed E-state index contributed by atoms with van der Waals surface area (Å²) in [4.78, 5) is 11.7. The molecule has 108 valence electrons. The van der Waals surface area contributed by atoms with Crippen LogP contribution in [-0.4, -0.2) is 30.4 Å². The van der Waals surface area contributed by atoms with Crippen molar-refractivity contribution in [1.82, 2.24) is 0 Å². The molecular weight excluding hydrogens is 243 g/mol. The van der Waals surface area contributed by atoms with E-state index in [1.54, 1.807) is 0 Å². The maximum atomic E-state index is 11.7. The largest absolute Gasteiger partial charge is 0.490 e. The lowest BCUT2D eigenvalue weighted by atomic mass is 9.76. The van der Waals surface area contributed by atoms with Gasteiger partial charge in [0.15, 0.2) is 0 Å². The number of carbonyl (C=O) groups is 1. The lowest BCUT2D eigenvalue weighted by Crippen LogP contribution is -2.41. The highest BCUT2D eigenvalue weighted by Gasteiger charge is 2.52. The Bertz CT molecular complexity index is 356. The maximum absolute atomic E-state index is 11.7. The highest BCUT2D eigenvalue weighted by molar-refractivity contribution is 6.55. The zero-order valence-corrected chi connectivity index (χ0v) is 13.1. The minimum Gasteiger partial charge on any atom is -0.463 e. The summed E-state index contributed by atoms with van der Waals surface area (Å²) in [6.45, 7) is 13.5. The summed E-state index contributed by atoms with van der Waals surface area (Å²) in [7, 11) is -0.477. The summed E-state index contributed by atoms with van der Waals surface area (Å²) in [5, 5.41) is 0. The molecule has 0 N–H and O–H groups in total. The summed E-state index contributed by atoms with van der Waals surface area (Å²) in [6.07, 6.45) is 1.96. The number of esters is 1. The number of allylic oxidation sites excluding steroid dienone is 1. The van der Waals surface area contributed by atoms with Crippen molar-refractivity contribution in [2.45, 2.75) is 72.2 Å². The first kappa shape index (κ1) is 16.2. The first-order valence-corrected chi connectivity index (χ1v) is 6.79. The Morgan fingerprint density at radius 1 is 1.21 bits per heavy atom. The Labute approximate surface area is 116 Å². The molecule has 0 aliphatic carbocycles. The number of hydrogen-bond donors (Lipinski definition) is 0. The van der Waals surface area contributed by atoms with Crippen LogP contribution in [0.3, 0.4) is 0 Å². The van der Waals surface area contributed by atoms with E-state index in [2.05, 4.69) is 0 Å². The van der Waals surface area contributed by atoms with Crippen LogP contribution in [0.15, 0.2) is 11.5 Å². The fourth-order valence-electron chi connectivity index (χ4n) is 1.79. The molecule has 5 heteroatoms. The Morgan fingerprint density at radius 3 is 2.05 bits per heavy atom. The molecule has 0 spiro atoms. The van der Waals surface area contributed by atoms with Crippen LogP contribution in [0.2, 0.25) is 0 Å². The number of hydrogen-bond acceptors (Lipinski definition) is 4. The second kappa shape index (κ2) is 5.67. The van der Waals surface area contributed by atoms with Gasteiger partial charge in [0.1, 0.15) is 0 Å². The molecule has 0 unspecified atom stereocenters. The highest BCUT2D eigenvalue weighted by atomic mass is 16.7. The molecule has 0 radical (unpaired) electrons. The molecule has 1 saturated heterocycles. The molecule has 1 heterocycles. The van der Waals surface area contributed by atoms with Gasteiger partial charge in [-0.2, -0.15) is 0 Å². The molecule has 0 atom stereocenters. The van der Waals surface area contributed by atoms with Crippen molar-refractivity contribution in [1.29, 1.82) is 0 Å². The van der Waals surface area contributed by atoms with E-state index in [1.165, 1.54) is 0 Å². The van der Waals surface area contributed by atoms with Gasteiger partial charge in [-0.1, -0.05) is 6.08 Å². The Kier molecular flexibility index (Phi) is 4.85. The van der Waals surface area contributed by atoms with Crippen LogP contribution in [0.25, 0.3) is 0 Å². The van der Waals surface area contributed by atoms with Gasteiger partial charge in [0.05, 0.1) is 23.7 Å². The standard InChI is InChI=1S/C14H25BO4/c1-8-11(9-12(16)17-10(2)3)15-18-13(4,5)14(6,7)19-15/h8,10H,9H2,1-7H3/b11-8+. The molecule has 0 amide bonds. The third-order valence-corrected chi connectivity index (χ3v) is 3.64. The lowest BCUT2D eigenvalue weighted by molar-refractivity contribution is -0.146. The zero-order chi connectivity index (χ0) is 14.8. The van der Waals surface area contributed by atoms with E-state index in [-0.39, 0.29) is 18.5 Å². The summed E-state index contributed by atoms with van der Waals surface area (Å²) in [6, 6.07) is 0. The summed E-state index contributed by atoms with van der Waals surface area (Å²) >= 11 is 0. The summed E-state index contributed by atoms with van der Waals surface area (Å²) in [5.41, 5.74) is 0.0196. The fourth-order valence-corrected chi connectivity index (χ4v) is 1.79. The Balaban J connectivity index is 2.72. The van der Waals surface area contributed by atoms with Gasteiger partial charge < -0.3 is 14.0 Å². The van der Waals surface area contributed by atoms with E-state index < -0.39 is 18.3 Å². The van der Waals surface area contributed by atoms with Gasteiger partial charge in [0.2, 0.25) is 0 Å². The van der Waals surface area contributed by atoms with E-state index in [1.807, 2.05) is 54.5 Å². The van der Waals surface area contributed by atoms with Gasteiger partial charge in [-0.25, -0.2) is 0 Å². The lowest BCUT2D eigenvalue weighted by Gasteiger charge is -2.32. The molecule has 0 bridgehead atoms. The predicted molar refractivity (Wildman–Crippen MR) is 75.7 cm³/mol.